The molecule has 0 amide bonds. The van der Waals surface area contributed by atoms with E-state index in [1.54, 1.807) is 0 Å². The van der Waals surface area contributed by atoms with Crippen molar-refractivity contribution in [1.29, 1.82) is 0 Å². The molecule has 0 fully saturated rings. The van der Waals surface area contributed by atoms with Crippen molar-refractivity contribution >= 4 is 12.0 Å². The van der Waals surface area contributed by atoms with E-state index in [2.05, 4.69) is 96.1 Å². The second-order valence-corrected chi connectivity index (χ2v) is 9.17. The van der Waals surface area contributed by atoms with E-state index in [9.17, 15) is 0 Å². The molecule has 1 aliphatic carbocycles. The van der Waals surface area contributed by atoms with Gasteiger partial charge in [0.2, 0.25) is 0 Å². The maximum absolute atomic E-state index is 5.76. The molecule has 0 aliphatic heterocycles. The Hall–Kier alpha value is -1.51. The van der Waals surface area contributed by atoms with Crippen LogP contribution < -0.4 is 0 Å². The zero-order chi connectivity index (χ0) is 23.1. The van der Waals surface area contributed by atoms with Gasteiger partial charge in [-0.1, -0.05) is 102 Å². The fourth-order valence-corrected chi connectivity index (χ4v) is 4.16. The van der Waals surface area contributed by atoms with E-state index in [0.29, 0.717) is 11.8 Å². The Balaban J connectivity index is 2.79. The fourth-order valence-electron chi connectivity index (χ4n) is 3.54. The molecule has 1 nitrogen and oxygen atoms in total. The lowest BCUT2D eigenvalue weighted by Gasteiger charge is -2.22. The van der Waals surface area contributed by atoms with Gasteiger partial charge in [0.25, 0.3) is 0 Å². The molecule has 2 heteroatoms. The van der Waals surface area contributed by atoms with Crippen LogP contribution in [-0.4, -0.2) is 6.61 Å². The number of unbranched alkanes of at least 4 members (excludes halogenated alkanes) is 3. The molecule has 0 aromatic heterocycles. The van der Waals surface area contributed by atoms with Gasteiger partial charge in [-0.05, 0) is 67.2 Å². The van der Waals surface area contributed by atoms with Crippen LogP contribution in [0, 0.1) is 11.8 Å². The minimum absolute atomic E-state index is 0.351. The van der Waals surface area contributed by atoms with E-state index in [4.69, 9.17) is 4.18 Å². The minimum Gasteiger partial charge on any atom is -0.311 e. The van der Waals surface area contributed by atoms with Crippen LogP contribution in [0.2, 0.25) is 0 Å². The van der Waals surface area contributed by atoms with E-state index < -0.39 is 0 Å². The Morgan fingerprint density at radius 1 is 1.23 bits per heavy atom. The smallest absolute Gasteiger partial charge is 0.0618 e. The summed E-state index contributed by atoms with van der Waals surface area (Å²) in [5, 5.41) is 2.11. The molecule has 172 valence electrons. The third-order valence-corrected chi connectivity index (χ3v) is 6.55. The molecule has 0 N–H and O–H groups in total. The van der Waals surface area contributed by atoms with E-state index in [1.807, 2.05) is 0 Å². The Labute approximate surface area is 197 Å². The molecule has 0 heterocycles. The topological polar surface area (TPSA) is 9.23 Å². The summed E-state index contributed by atoms with van der Waals surface area (Å²) in [6.45, 7) is 18.6. The minimum atomic E-state index is 0.351. The maximum Gasteiger partial charge on any atom is 0.0618 e. The van der Waals surface area contributed by atoms with Crippen LogP contribution in [0.15, 0.2) is 82.4 Å². The predicted molar refractivity (Wildman–Crippen MR) is 142 cm³/mol. The summed E-state index contributed by atoms with van der Waals surface area (Å²) in [6, 6.07) is 0. The summed E-state index contributed by atoms with van der Waals surface area (Å²) in [6.07, 6.45) is 22.7. The van der Waals surface area contributed by atoms with Crippen molar-refractivity contribution in [2.75, 3.05) is 6.61 Å². The van der Waals surface area contributed by atoms with Crippen LogP contribution in [-0.2, 0) is 4.18 Å². The van der Waals surface area contributed by atoms with Gasteiger partial charge in [-0.25, -0.2) is 0 Å². The van der Waals surface area contributed by atoms with Crippen molar-refractivity contribution in [3.05, 3.63) is 82.4 Å². The average molecular weight is 441 g/mol. The van der Waals surface area contributed by atoms with Crippen LogP contribution in [0.3, 0.4) is 0 Å². The zero-order valence-corrected chi connectivity index (χ0v) is 21.6. The molecule has 31 heavy (non-hydrogen) atoms. The highest BCUT2D eigenvalue weighted by molar-refractivity contribution is 7.97. The molecule has 0 aromatic rings. The van der Waals surface area contributed by atoms with Crippen LogP contribution >= 0.6 is 12.0 Å². The summed E-state index contributed by atoms with van der Waals surface area (Å²) in [7, 11) is 0. The number of rotatable bonds is 14. The quantitative estimate of drug-likeness (QED) is 0.151. The molecule has 1 aliphatic rings. The Morgan fingerprint density at radius 2 is 2.00 bits per heavy atom. The first-order valence-electron chi connectivity index (χ1n) is 12.0. The summed E-state index contributed by atoms with van der Waals surface area (Å²) >= 11 is 1.45. The second-order valence-electron chi connectivity index (χ2n) is 8.51. The SMILES string of the molecule is C=C(C(/C=C\C)=C/SOCCCCCC)C(C)C(C)/C=C(\CC)C1=CCC(C)=CC=C1. The van der Waals surface area contributed by atoms with E-state index in [-0.39, 0.29) is 0 Å². The van der Waals surface area contributed by atoms with Crippen molar-refractivity contribution < 1.29 is 4.18 Å². The van der Waals surface area contributed by atoms with Crippen molar-refractivity contribution in [3.8, 4) is 0 Å². The lowest BCUT2D eigenvalue weighted by Crippen LogP contribution is -2.10. The summed E-state index contributed by atoms with van der Waals surface area (Å²) in [5.74, 6) is 0.757. The summed E-state index contributed by atoms with van der Waals surface area (Å²) in [5.41, 5.74) is 6.52. The standard InChI is InChI=1S/C29H44OS/c1-8-11-12-13-20-30-31-22-29(15-9-2)26(7)25(6)24(5)21-27(10-3)28-17-14-16-23(4)18-19-28/h9,14-17,19,21-22,24-25H,7-8,10-13,18,20H2,1-6H3/b15-9-,27-21+,29-22+. The van der Waals surface area contributed by atoms with Crippen LogP contribution in [0.4, 0.5) is 0 Å². The largest absolute Gasteiger partial charge is 0.311 e. The first kappa shape index (κ1) is 27.5. The molecule has 0 spiro atoms. The van der Waals surface area contributed by atoms with Crippen LogP contribution in [0.25, 0.3) is 0 Å². The molecule has 2 unspecified atom stereocenters. The van der Waals surface area contributed by atoms with Crippen molar-refractivity contribution in [3.63, 3.8) is 0 Å². The monoisotopic (exact) mass is 440 g/mol. The molecule has 2 atom stereocenters. The molecule has 1 rings (SSSR count). The highest BCUT2D eigenvalue weighted by Gasteiger charge is 2.17. The number of allylic oxidation sites excluding steroid dienone is 12. The Bertz CT molecular complexity index is 730. The van der Waals surface area contributed by atoms with Crippen LogP contribution in [0.5, 0.6) is 0 Å². The summed E-state index contributed by atoms with van der Waals surface area (Å²) < 4.78 is 5.76. The zero-order valence-electron chi connectivity index (χ0n) is 20.7. The van der Waals surface area contributed by atoms with Crippen LogP contribution in [0.1, 0.15) is 80.1 Å². The average Bonchev–Trinajstić information content (AvgIpc) is 2.99. The molecule has 0 saturated carbocycles. The van der Waals surface area contributed by atoms with E-state index >= 15 is 0 Å². The predicted octanol–water partition coefficient (Wildman–Crippen LogP) is 9.69. The van der Waals surface area contributed by atoms with Gasteiger partial charge in [0.1, 0.15) is 0 Å². The summed E-state index contributed by atoms with van der Waals surface area (Å²) in [4.78, 5) is 0. The Morgan fingerprint density at radius 3 is 2.68 bits per heavy atom. The molecule has 0 radical (unpaired) electrons. The first-order valence-corrected chi connectivity index (χ1v) is 12.8. The molecular weight excluding hydrogens is 396 g/mol. The molecule has 0 saturated heterocycles. The van der Waals surface area contributed by atoms with Crippen molar-refractivity contribution in [2.24, 2.45) is 11.8 Å². The van der Waals surface area contributed by atoms with Gasteiger partial charge in [-0.15, -0.1) is 0 Å². The van der Waals surface area contributed by atoms with Gasteiger partial charge in [-0.2, -0.15) is 0 Å². The Kier molecular flexibility index (Phi) is 14.4. The normalized spacial score (nSPS) is 17.4. The van der Waals surface area contributed by atoms with Gasteiger partial charge >= 0.3 is 0 Å². The van der Waals surface area contributed by atoms with Gasteiger partial charge in [0, 0.05) is 17.5 Å². The van der Waals surface area contributed by atoms with E-state index in [1.165, 1.54) is 59.2 Å². The van der Waals surface area contributed by atoms with Gasteiger partial charge in [-0.3, -0.25) is 0 Å². The third-order valence-electron chi connectivity index (χ3n) is 5.90. The maximum atomic E-state index is 5.76. The van der Waals surface area contributed by atoms with Gasteiger partial charge < -0.3 is 4.18 Å². The highest BCUT2D eigenvalue weighted by Crippen LogP contribution is 2.31. The lowest BCUT2D eigenvalue weighted by molar-refractivity contribution is 0.359. The number of hydrogen-bond acceptors (Lipinski definition) is 2. The molecular formula is C29H44OS. The van der Waals surface area contributed by atoms with Gasteiger partial charge in [0.05, 0.1) is 6.61 Å². The van der Waals surface area contributed by atoms with Crippen molar-refractivity contribution in [1.82, 2.24) is 0 Å². The van der Waals surface area contributed by atoms with Crippen molar-refractivity contribution in [2.45, 2.75) is 80.1 Å². The molecule has 0 bridgehead atoms. The lowest BCUT2D eigenvalue weighted by atomic mass is 9.83. The molecule has 0 aromatic carbocycles. The highest BCUT2D eigenvalue weighted by atomic mass is 32.2. The number of hydrogen-bond donors (Lipinski definition) is 0. The fraction of sp³-hybridized carbons (Fsp3) is 0.517. The third kappa shape index (κ3) is 10.6. The first-order chi connectivity index (χ1) is 14.9. The van der Waals surface area contributed by atoms with Gasteiger partial charge in [0.15, 0.2) is 0 Å². The second kappa shape index (κ2) is 16.2. The van der Waals surface area contributed by atoms with E-state index in [0.717, 1.165) is 25.9 Å².